The average molecular weight is 374 g/mol. The van der Waals surface area contributed by atoms with Crippen molar-refractivity contribution in [3.05, 3.63) is 24.3 Å². The molecule has 1 atom stereocenters. The molecule has 0 amide bonds. The third-order valence-electron chi connectivity index (χ3n) is 4.09. The summed E-state index contributed by atoms with van der Waals surface area (Å²) in [6.07, 6.45) is -4.71. The van der Waals surface area contributed by atoms with Crippen LogP contribution in [0.1, 0.15) is 13.8 Å². The lowest BCUT2D eigenvalue weighted by atomic mass is 10.0. The Balaban J connectivity index is 1.91. The molecule has 1 aromatic rings. The molecule has 1 aromatic carbocycles. The summed E-state index contributed by atoms with van der Waals surface area (Å²) < 4.78 is 45.7. The van der Waals surface area contributed by atoms with Crippen LogP contribution in [0.4, 0.5) is 18.9 Å². The van der Waals surface area contributed by atoms with Gasteiger partial charge in [-0.3, -0.25) is 9.89 Å². The minimum absolute atomic E-state index is 0.216. The fraction of sp³-hybridized carbons (Fsp3) is 0.588. The highest BCUT2D eigenvalue weighted by Gasteiger charge is 2.31. The van der Waals surface area contributed by atoms with Crippen LogP contribution in [-0.2, 0) is 4.74 Å². The van der Waals surface area contributed by atoms with E-state index in [0.29, 0.717) is 31.4 Å². The maximum Gasteiger partial charge on any atom is 0.573 e. The molecule has 1 aliphatic rings. The Morgan fingerprint density at radius 1 is 1.27 bits per heavy atom. The molecule has 0 bridgehead atoms. The van der Waals surface area contributed by atoms with Crippen LogP contribution < -0.4 is 15.8 Å². The zero-order valence-electron chi connectivity index (χ0n) is 14.9. The third-order valence-corrected chi connectivity index (χ3v) is 4.09. The molecular formula is C17H25F3N4O2. The van der Waals surface area contributed by atoms with Gasteiger partial charge in [0.15, 0.2) is 5.96 Å². The summed E-state index contributed by atoms with van der Waals surface area (Å²) >= 11 is 0. The highest BCUT2D eigenvalue weighted by Crippen LogP contribution is 2.23. The fourth-order valence-corrected chi connectivity index (χ4v) is 2.78. The van der Waals surface area contributed by atoms with E-state index in [9.17, 15) is 13.2 Å². The molecule has 2 rings (SSSR count). The second-order valence-electron chi connectivity index (χ2n) is 6.38. The van der Waals surface area contributed by atoms with Crippen molar-refractivity contribution in [3.63, 3.8) is 0 Å². The van der Waals surface area contributed by atoms with E-state index in [2.05, 4.69) is 33.8 Å². The number of anilines is 1. The monoisotopic (exact) mass is 374 g/mol. The molecule has 1 saturated heterocycles. The summed E-state index contributed by atoms with van der Waals surface area (Å²) in [6.45, 7) is 7.97. The Hall–Kier alpha value is -2.00. The maximum atomic E-state index is 12.2. The smallest absolute Gasteiger partial charge is 0.406 e. The Labute approximate surface area is 151 Å². The van der Waals surface area contributed by atoms with Gasteiger partial charge in [0.05, 0.1) is 19.8 Å². The van der Waals surface area contributed by atoms with E-state index in [1.54, 1.807) is 0 Å². The molecule has 0 aliphatic carbocycles. The van der Waals surface area contributed by atoms with Crippen molar-refractivity contribution in [2.45, 2.75) is 26.3 Å². The van der Waals surface area contributed by atoms with Crippen LogP contribution in [0.3, 0.4) is 0 Å². The minimum atomic E-state index is -4.71. The van der Waals surface area contributed by atoms with Gasteiger partial charge in [0.25, 0.3) is 0 Å². The molecule has 1 fully saturated rings. The van der Waals surface area contributed by atoms with E-state index in [-0.39, 0.29) is 17.8 Å². The molecule has 0 saturated carbocycles. The summed E-state index contributed by atoms with van der Waals surface area (Å²) in [5.74, 6) is 0.336. The molecule has 0 aromatic heterocycles. The Kier molecular flexibility index (Phi) is 7.10. The van der Waals surface area contributed by atoms with Gasteiger partial charge in [0.2, 0.25) is 0 Å². The van der Waals surface area contributed by atoms with Crippen LogP contribution in [-0.4, -0.2) is 56.1 Å². The van der Waals surface area contributed by atoms with Crippen molar-refractivity contribution in [1.82, 2.24) is 4.90 Å². The maximum absolute atomic E-state index is 12.2. The minimum Gasteiger partial charge on any atom is -0.406 e. The molecule has 9 heteroatoms. The summed E-state index contributed by atoms with van der Waals surface area (Å²) in [7, 11) is 0. The first-order valence-corrected chi connectivity index (χ1v) is 8.49. The predicted molar refractivity (Wildman–Crippen MR) is 94.3 cm³/mol. The molecule has 0 spiro atoms. The third kappa shape index (κ3) is 6.72. The zero-order chi connectivity index (χ0) is 19.2. The van der Waals surface area contributed by atoms with Crippen molar-refractivity contribution in [2.75, 3.05) is 38.2 Å². The first-order valence-electron chi connectivity index (χ1n) is 8.49. The second-order valence-corrected chi connectivity index (χ2v) is 6.38. The normalized spacial score (nSPS) is 18.0. The number of nitrogens with one attached hydrogen (secondary N) is 1. The molecule has 6 nitrogen and oxygen atoms in total. The van der Waals surface area contributed by atoms with Gasteiger partial charge in [-0.2, -0.15) is 0 Å². The number of nitrogens with two attached hydrogens (primary N) is 1. The molecule has 1 aliphatic heterocycles. The molecule has 1 unspecified atom stereocenters. The summed E-state index contributed by atoms with van der Waals surface area (Å²) in [5, 5.41) is 2.88. The number of rotatable bonds is 6. The van der Waals surface area contributed by atoms with Crippen molar-refractivity contribution < 1.29 is 22.6 Å². The van der Waals surface area contributed by atoms with Crippen molar-refractivity contribution in [1.29, 1.82) is 0 Å². The number of alkyl halides is 3. The highest BCUT2D eigenvalue weighted by molar-refractivity contribution is 5.92. The molecule has 0 radical (unpaired) electrons. The quantitative estimate of drug-likeness (QED) is 0.592. The van der Waals surface area contributed by atoms with Gasteiger partial charge >= 0.3 is 6.36 Å². The molecule has 3 N–H and O–H groups in total. The second kappa shape index (κ2) is 9.09. The standard InChI is InChI=1S/C17H25F3N4O2/c1-12(2)15(24-7-9-25-10-8-24)11-22-16(21)23-13-3-5-14(6-4-13)26-17(18,19)20/h3-6,12,15H,7-11H2,1-2H3,(H3,21,22,23). The first-order chi connectivity index (χ1) is 12.2. The lowest BCUT2D eigenvalue weighted by Crippen LogP contribution is -2.47. The van der Waals surface area contributed by atoms with E-state index in [1.165, 1.54) is 24.3 Å². The van der Waals surface area contributed by atoms with E-state index in [1.807, 2.05) is 0 Å². The van der Waals surface area contributed by atoms with Crippen LogP contribution in [0, 0.1) is 5.92 Å². The number of halogens is 3. The van der Waals surface area contributed by atoms with Crippen LogP contribution in [0.2, 0.25) is 0 Å². The average Bonchev–Trinajstić information content (AvgIpc) is 2.56. The molecule has 26 heavy (non-hydrogen) atoms. The van der Waals surface area contributed by atoms with E-state index in [4.69, 9.17) is 10.5 Å². The van der Waals surface area contributed by atoms with Gasteiger partial charge in [0.1, 0.15) is 5.75 Å². The lowest BCUT2D eigenvalue weighted by molar-refractivity contribution is -0.274. The van der Waals surface area contributed by atoms with Crippen LogP contribution in [0.25, 0.3) is 0 Å². The van der Waals surface area contributed by atoms with Crippen molar-refractivity contribution >= 4 is 11.6 Å². The van der Waals surface area contributed by atoms with Crippen molar-refractivity contribution in [2.24, 2.45) is 16.6 Å². The van der Waals surface area contributed by atoms with Gasteiger partial charge in [-0.1, -0.05) is 13.8 Å². The van der Waals surface area contributed by atoms with E-state index in [0.717, 1.165) is 13.1 Å². The van der Waals surface area contributed by atoms with Gasteiger partial charge in [-0.15, -0.1) is 13.2 Å². The van der Waals surface area contributed by atoms with Crippen LogP contribution >= 0.6 is 0 Å². The number of nitrogens with zero attached hydrogens (tertiary/aromatic N) is 2. The number of ether oxygens (including phenoxy) is 2. The Morgan fingerprint density at radius 3 is 2.42 bits per heavy atom. The van der Waals surface area contributed by atoms with Gasteiger partial charge in [-0.05, 0) is 30.2 Å². The SMILES string of the molecule is CC(C)C(CN=C(N)Nc1ccc(OC(F)(F)F)cc1)N1CCOCC1. The highest BCUT2D eigenvalue weighted by atomic mass is 19.4. The predicted octanol–water partition coefficient (Wildman–Crippen LogP) is 2.67. The van der Waals surface area contributed by atoms with Gasteiger partial charge in [-0.25, -0.2) is 0 Å². The van der Waals surface area contributed by atoms with E-state index >= 15 is 0 Å². The lowest BCUT2D eigenvalue weighted by Gasteiger charge is -2.36. The number of benzene rings is 1. The van der Waals surface area contributed by atoms with Crippen LogP contribution in [0.15, 0.2) is 29.3 Å². The summed E-state index contributed by atoms with van der Waals surface area (Å²) in [5.41, 5.74) is 6.44. The fourth-order valence-electron chi connectivity index (χ4n) is 2.78. The Morgan fingerprint density at radius 2 is 1.88 bits per heavy atom. The van der Waals surface area contributed by atoms with Crippen LogP contribution in [0.5, 0.6) is 5.75 Å². The topological polar surface area (TPSA) is 72.1 Å². The van der Waals surface area contributed by atoms with Gasteiger partial charge in [0, 0.05) is 24.8 Å². The summed E-state index contributed by atoms with van der Waals surface area (Å²) in [4.78, 5) is 6.73. The number of aliphatic imine (C=N–C) groups is 1. The molecule has 146 valence electrons. The number of guanidine groups is 1. The summed E-state index contributed by atoms with van der Waals surface area (Å²) in [6, 6.07) is 5.58. The number of morpholine rings is 1. The first kappa shape index (κ1) is 20.3. The van der Waals surface area contributed by atoms with E-state index < -0.39 is 6.36 Å². The van der Waals surface area contributed by atoms with Gasteiger partial charge < -0.3 is 20.5 Å². The molecule has 1 heterocycles. The molecular weight excluding hydrogens is 349 g/mol. The largest absolute Gasteiger partial charge is 0.573 e. The number of hydrogen-bond donors (Lipinski definition) is 2. The Bertz CT molecular complexity index is 585. The number of hydrogen-bond acceptors (Lipinski definition) is 4. The van der Waals surface area contributed by atoms with Crippen molar-refractivity contribution in [3.8, 4) is 5.75 Å². The zero-order valence-corrected chi connectivity index (χ0v) is 14.9.